The fourth-order valence-electron chi connectivity index (χ4n) is 1.89. The molecule has 1 N–H and O–H groups in total. The van der Waals surface area contributed by atoms with Crippen LogP contribution in [0.5, 0.6) is 0 Å². The van der Waals surface area contributed by atoms with Crippen LogP contribution in [0.25, 0.3) is 0 Å². The number of amides is 1. The molecule has 1 heterocycles. The van der Waals surface area contributed by atoms with Crippen LogP contribution >= 0.6 is 23.2 Å². The number of halogens is 2. The first kappa shape index (κ1) is 16.3. The summed E-state index contributed by atoms with van der Waals surface area (Å²) in [6, 6.07) is 9.76. The Morgan fingerprint density at radius 1 is 1.37 bits per heavy atom. The first-order valence-corrected chi connectivity index (χ1v) is 7.24. The van der Waals surface area contributed by atoms with Crippen molar-refractivity contribution in [2.24, 2.45) is 0 Å². The second-order valence-electron chi connectivity index (χ2n) is 4.44. The molecule has 1 aliphatic rings. The Hall–Kier alpha value is -0.770. The van der Waals surface area contributed by atoms with Gasteiger partial charge >= 0.3 is 0 Å². The van der Waals surface area contributed by atoms with Crippen molar-refractivity contribution in [3.05, 3.63) is 35.9 Å². The van der Waals surface area contributed by atoms with Crippen LogP contribution in [0.1, 0.15) is 24.2 Å². The molecule has 1 aromatic rings. The van der Waals surface area contributed by atoms with Gasteiger partial charge in [-0.1, -0.05) is 18.2 Å². The number of benzene rings is 1. The van der Waals surface area contributed by atoms with E-state index in [9.17, 15) is 4.79 Å². The Bertz CT molecular complexity index is 382. The van der Waals surface area contributed by atoms with E-state index in [0.29, 0.717) is 0 Å². The normalized spacial score (nSPS) is 18.8. The first-order valence-electron chi connectivity index (χ1n) is 6.37. The lowest BCUT2D eigenvalue weighted by atomic mass is 10.1. The molecule has 1 atom stereocenters. The van der Waals surface area contributed by atoms with E-state index in [1.54, 1.807) is 6.92 Å². The molecule has 0 aromatic heterocycles. The highest BCUT2D eigenvalue weighted by Gasteiger charge is 2.23. The minimum absolute atomic E-state index is 0.143. The van der Waals surface area contributed by atoms with Crippen LogP contribution in [-0.4, -0.2) is 41.3 Å². The Kier molecular flexibility index (Phi) is 7.21. The Balaban J connectivity index is 0.000000399. The molecule has 5 heteroatoms. The van der Waals surface area contributed by atoms with Crippen molar-refractivity contribution >= 4 is 29.1 Å². The molecule has 1 amide bonds. The van der Waals surface area contributed by atoms with Gasteiger partial charge < -0.3 is 10.2 Å². The van der Waals surface area contributed by atoms with Gasteiger partial charge in [0, 0.05) is 31.2 Å². The van der Waals surface area contributed by atoms with E-state index in [4.69, 9.17) is 23.2 Å². The van der Waals surface area contributed by atoms with E-state index in [0.717, 1.165) is 25.2 Å². The molecule has 3 nitrogen and oxygen atoms in total. The second kappa shape index (κ2) is 8.41. The van der Waals surface area contributed by atoms with Gasteiger partial charge in [-0.2, -0.15) is 0 Å². The molecule has 0 saturated carbocycles. The van der Waals surface area contributed by atoms with Gasteiger partial charge in [0.25, 0.3) is 5.91 Å². The van der Waals surface area contributed by atoms with Gasteiger partial charge in [0.2, 0.25) is 0 Å². The summed E-state index contributed by atoms with van der Waals surface area (Å²) in [5, 5.41) is 3.28. The van der Waals surface area contributed by atoms with Gasteiger partial charge in [-0.05, 0) is 26.0 Å². The van der Waals surface area contributed by atoms with E-state index < -0.39 is 0 Å². The topological polar surface area (TPSA) is 32.3 Å². The molecule has 0 radical (unpaired) electrons. The van der Waals surface area contributed by atoms with Crippen molar-refractivity contribution in [3.63, 3.8) is 0 Å². The van der Waals surface area contributed by atoms with Crippen LogP contribution < -0.4 is 5.32 Å². The average Bonchev–Trinajstić information content (AvgIpc) is 2.39. The molecule has 0 unspecified atom stereocenters. The van der Waals surface area contributed by atoms with Gasteiger partial charge in [0.05, 0.1) is 0 Å². The van der Waals surface area contributed by atoms with Crippen LogP contribution in [0.2, 0.25) is 0 Å². The van der Waals surface area contributed by atoms with Crippen LogP contribution in [-0.2, 0) is 0 Å². The standard InChI is InChI=1S/C12H16N2O.C2H4Cl2/c1-10-9-13-7-8-14(10)12(15)11-5-3-2-4-6-11;1-2(3)4/h2-6,10,13H,7-9H2,1H3;2H,1H3/t10-;/m1./s1. The van der Waals surface area contributed by atoms with Crippen LogP contribution in [0.15, 0.2) is 30.3 Å². The number of nitrogens with one attached hydrogen (secondary N) is 1. The van der Waals surface area contributed by atoms with Gasteiger partial charge in [0.15, 0.2) is 0 Å². The zero-order valence-corrected chi connectivity index (χ0v) is 12.8. The lowest BCUT2D eigenvalue weighted by Crippen LogP contribution is -2.52. The number of carbonyl (C=O) groups is 1. The van der Waals surface area contributed by atoms with E-state index in [1.165, 1.54) is 0 Å². The minimum atomic E-state index is -0.222. The monoisotopic (exact) mass is 302 g/mol. The zero-order valence-electron chi connectivity index (χ0n) is 11.3. The number of nitrogens with zero attached hydrogens (tertiary/aromatic N) is 1. The molecular formula is C14H20Cl2N2O. The molecule has 1 saturated heterocycles. The lowest BCUT2D eigenvalue weighted by molar-refractivity contribution is 0.0656. The molecule has 1 aromatic carbocycles. The molecule has 1 fully saturated rings. The third-order valence-corrected chi connectivity index (χ3v) is 2.78. The number of alkyl halides is 2. The summed E-state index contributed by atoms with van der Waals surface area (Å²) in [6.07, 6.45) is 0. The predicted molar refractivity (Wildman–Crippen MR) is 81.0 cm³/mol. The van der Waals surface area contributed by atoms with Crippen molar-refractivity contribution in [1.82, 2.24) is 10.2 Å². The quantitative estimate of drug-likeness (QED) is 0.809. The van der Waals surface area contributed by atoms with Crippen LogP contribution in [0.3, 0.4) is 0 Å². The largest absolute Gasteiger partial charge is 0.333 e. The van der Waals surface area contributed by atoms with Crippen molar-refractivity contribution < 1.29 is 4.79 Å². The van der Waals surface area contributed by atoms with Crippen molar-refractivity contribution in [3.8, 4) is 0 Å². The Morgan fingerprint density at radius 3 is 2.47 bits per heavy atom. The minimum Gasteiger partial charge on any atom is -0.333 e. The van der Waals surface area contributed by atoms with Crippen LogP contribution in [0, 0.1) is 0 Å². The number of piperazine rings is 1. The van der Waals surface area contributed by atoms with Crippen LogP contribution in [0.4, 0.5) is 0 Å². The van der Waals surface area contributed by atoms with Gasteiger partial charge in [-0.3, -0.25) is 4.79 Å². The Morgan fingerprint density at radius 2 is 1.95 bits per heavy atom. The molecule has 19 heavy (non-hydrogen) atoms. The summed E-state index contributed by atoms with van der Waals surface area (Å²) in [7, 11) is 0. The lowest BCUT2D eigenvalue weighted by Gasteiger charge is -2.34. The summed E-state index contributed by atoms with van der Waals surface area (Å²) < 4.78 is 0. The number of hydrogen-bond acceptors (Lipinski definition) is 2. The predicted octanol–water partition coefficient (Wildman–Crippen LogP) is 2.93. The van der Waals surface area contributed by atoms with Gasteiger partial charge in [0.1, 0.15) is 4.84 Å². The highest BCUT2D eigenvalue weighted by Crippen LogP contribution is 2.09. The molecule has 1 aliphatic heterocycles. The highest BCUT2D eigenvalue weighted by atomic mass is 35.5. The summed E-state index contributed by atoms with van der Waals surface area (Å²) in [6.45, 7) is 6.35. The first-order chi connectivity index (χ1) is 9.02. The number of rotatable bonds is 1. The van der Waals surface area contributed by atoms with E-state index in [1.807, 2.05) is 35.2 Å². The molecule has 0 bridgehead atoms. The van der Waals surface area contributed by atoms with Crippen molar-refractivity contribution in [2.75, 3.05) is 19.6 Å². The molecular weight excluding hydrogens is 283 g/mol. The number of hydrogen-bond donors (Lipinski definition) is 1. The second-order valence-corrected chi connectivity index (χ2v) is 5.97. The third-order valence-electron chi connectivity index (χ3n) is 2.78. The maximum atomic E-state index is 12.1. The maximum Gasteiger partial charge on any atom is 0.254 e. The van der Waals surface area contributed by atoms with E-state index >= 15 is 0 Å². The average molecular weight is 303 g/mol. The number of carbonyl (C=O) groups excluding carboxylic acids is 1. The molecule has 2 rings (SSSR count). The maximum absolute atomic E-state index is 12.1. The molecule has 0 spiro atoms. The summed E-state index contributed by atoms with van der Waals surface area (Å²) in [4.78, 5) is 13.8. The van der Waals surface area contributed by atoms with Gasteiger partial charge in [-0.25, -0.2) is 0 Å². The van der Waals surface area contributed by atoms with Crippen molar-refractivity contribution in [1.29, 1.82) is 0 Å². The third kappa shape index (κ3) is 5.81. The summed E-state index contributed by atoms with van der Waals surface area (Å²) in [5.74, 6) is 0.143. The smallest absolute Gasteiger partial charge is 0.254 e. The van der Waals surface area contributed by atoms with Crippen molar-refractivity contribution in [2.45, 2.75) is 24.7 Å². The summed E-state index contributed by atoms with van der Waals surface area (Å²) in [5.41, 5.74) is 0.784. The zero-order chi connectivity index (χ0) is 14.3. The molecule has 106 valence electrons. The van der Waals surface area contributed by atoms with E-state index in [-0.39, 0.29) is 16.8 Å². The fourth-order valence-corrected chi connectivity index (χ4v) is 1.89. The SMILES string of the molecule is CC(Cl)Cl.C[C@@H]1CNCCN1C(=O)c1ccccc1. The molecule has 0 aliphatic carbocycles. The van der Waals surface area contributed by atoms with E-state index in [2.05, 4.69) is 12.2 Å². The fraction of sp³-hybridized carbons (Fsp3) is 0.500. The Labute approximate surface area is 124 Å². The van der Waals surface area contributed by atoms with Gasteiger partial charge in [-0.15, -0.1) is 23.2 Å². The highest BCUT2D eigenvalue weighted by molar-refractivity contribution is 6.43. The summed E-state index contributed by atoms with van der Waals surface area (Å²) >= 11 is 10.1.